The van der Waals surface area contributed by atoms with E-state index in [1.807, 2.05) is 0 Å². The molecule has 0 bridgehead atoms. The lowest BCUT2D eigenvalue weighted by Crippen LogP contribution is -2.21. The fraction of sp³-hybridized carbons (Fsp3) is 0.259. The van der Waals surface area contributed by atoms with Crippen LogP contribution in [-0.4, -0.2) is 6.04 Å². The Hall–Kier alpha value is -2.32. The Labute approximate surface area is 182 Å². The van der Waals surface area contributed by atoms with Gasteiger partial charge in [-0.1, -0.05) is 60.2 Å². The molecule has 5 rings (SSSR count). The smallest absolute Gasteiger partial charge is 0.0876 e. The molecule has 0 radical (unpaired) electrons. The van der Waals surface area contributed by atoms with Gasteiger partial charge in [0, 0.05) is 5.56 Å². The molecule has 0 N–H and O–H groups in total. The summed E-state index contributed by atoms with van der Waals surface area (Å²) in [6.07, 6.45) is 12.5. The molecular formula is C27H26BrN. The highest BCUT2D eigenvalue weighted by atomic mass is 79.9. The zero-order chi connectivity index (χ0) is 20.1. The zero-order valence-electron chi connectivity index (χ0n) is 17.3. The van der Waals surface area contributed by atoms with Crippen LogP contribution in [0.15, 0.2) is 77.4 Å². The van der Waals surface area contributed by atoms with Crippen molar-refractivity contribution in [3.05, 3.63) is 94.1 Å². The van der Waals surface area contributed by atoms with Crippen LogP contribution in [0.4, 0.5) is 5.69 Å². The first-order chi connectivity index (χ1) is 14.1. The van der Waals surface area contributed by atoms with Crippen molar-refractivity contribution in [2.75, 3.05) is 3.93 Å². The lowest BCUT2D eigenvalue weighted by Gasteiger charge is -2.21. The minimum absolute atomic E-state index is 0.309. The third-order valence-corrected chi connectivity index (χ3v) is 7.48. The summed E-state index contributed by atoms with van der Waals surface area (Å²) in [7, 11) is 0. The van der Waals surface area contributed by atoms with E-state index in [2.05, 4.69) is 102 Å². The summed E-state index contributed by atoms with van der Waals surface area (Å²) in [6, 6.07) is 13.7. The quantitative estimate of drug-likeness (QED) is 0.437. The Kier molecular flexibility index (Phi) is 4.63. The van der Waals surface area contributed by atoms with Crippen LogP contribution >= 0.6 is 16.1 Å². The Balaban J connectivity index is 1.70. The molecule has 1 aliphatic heterocycles. The molecule has 1 heterocycles. The van der Waals surface area contributed by atoms with Gasteiger partial charge in [-0.15, -0.1) is 0 Å². The largest absolute Gasteiger partial charge is 0.297 e. The number of hydrogen-bond acceptors (Lipinski definition) is 1. The van der Waals surface area contributed by atoms with Gasteiger partial charge in [-0.05, 0) is 85.1 Å². The normalized spacial score (nSPS) is 19.6. The number of halogens is 1. The van der Waals surface area contributed by atoms with Gasteiger partial charge in [0.25, 0.3) is 0 Å². The molecule has 2 aromatic carbocycles. The van der Waals surface area contributed by atoms with E-state index in [0.717, 1.165) is 19.3 Å². The first-order valence-corrected chi connectivity index (χ1v) is 11.2. The van der Waals surface area contributed by atoms with Crippen molar-refractivity contribution in [3.8, 4) is 11.1 Å². The highest BCUT2D eigenvalue weighted by molar-refractivity contribution is 9.10. The zero-order valence-corrected chi connectivity index (χ0v) is 18.9. The Morgan fingerprint density at radius 2 is 1.83 bits per heavy atom. The molecule has 146 valence electrons. The molecule has 0 saturated heterocycles. The molecule has 1 atom stereocenters. The second kappa shape index (κ2) is 7.18. The molecule has 0 spiro atoms. The number of anilines is 1. The fourth-order valence-electron chi connectivity index (χ4n) is 5.02. The van der Waals surface area contributed by atoms with Gasteiger partial charge in [-0.3, -0.25) is 3.93 Å². The van der Waals surface area contributed by atoms with Crippen LogP contribution in [0.2, 0.25) is 0 Å². The summed E-state index contributed by atoms with van der Waals surface area (Å²) in [5.74, 6) is 0. The first kappa shape index (κ1) is 18.7. The molecule has 0 amide bonds. The molecule has 0 fully saturated rings. The molecular weight excluding hydrogens is 418 g/mol. The van der Waals surface area contributed by atoms with E-state index in [-0.39, 0.29) is 0 Å². The highest BCUT2D eigenvalue weighted by Gasteiger charge is 2.40. The van der Waals surface area contributed by atoms with Gasteiger partial charge < -0.3 is 0 Å². The predicted molar refractivity (Wildman–Crippen MR) is 128 cm³/mol. The third-order valence-electron chi connectivity index (χ3n) is 6.69. The van der Waals surface area contributed by atoms with Crippen LogP contribution in [-0.2, 0) is 6.42 Å². The van der Waals surface area contributed by atoms with Gasteiger partial charge >= 0.3 is 0 Å². The number of aryl methyl sites for hydroxylation is 1. The van der Waals surface area contributed by atoms with Crippen LogP contribution in [0.5, 0.6) is 0 Å². The average molecular weight is 444 g/mol. The molecule has 2 heteroatoms. The first-order valence-electron chi connectivity index (χ1n) is 10.5. The SMILES string of the molecule is CC1=C(C)C2C(=C1)c1c(cc(C)c(CCC3=CC=CC3)c1-c1ccccc1)N2Br. The van der Waals surface area contributed by atoms with Crippen molar-refractivity contribution in [1.29, 1.82) is 0 Å². The summed E-state index contributed by atoms with van der Waals surface area (Å²) >= 11 is 3.91. The number of nitrogens with zero attached hydrogens (tertiary/aromatic N) is 1. The van der Waals surface area contributed by atoms with Crippen molar-refractivity contribution in [2.45, 2.75) is 46.1 Å². The lowest BCUT2D eigenvalue weighted by atomic mass is 9.85. The van der Waals surface area contributed by atoms with E-state index in [0.29, 0.717) is 6.04 Å². The van der Waals surface area contributed by atoms with Crippen molar-refractivity contribution in [2.24, 2.45) is 0 Å². The Bertz CT molecular complexity index is 1110. The maximum absolute atomic E-state index is 3.91. The van der Waals surface area contributed by atoms with Crippen LogP contribution in [0.3, 0.4) is 0 Å². The number of hydrogen-bond donors (Lipinski definition) is 0. The van der Waals surface area contributed by atoms with E-state index in [1.165, 1.54) is 55.8 Å². The Morgan fingerprint density at radius 3 is 2.55 bits per heavy atom. The predicted octanol–water partition coefficient (Wildman–Crippen LogP) is 7.71. The molecule has 1 unspecified atom stereocenters. The topological polar surface area (TPSA) is 3.24 Å². The number of rotatable bonds is 4. The summed E-state index contributed by atoms with van der Waals surface area (Å²) in [5, 5.41) is 0. The number of allylic oxidation sites excluding steroid dienone is 6. The molecule has 1 nitrogen and oxygen atoms in total. The van der Waals surface area contributed by atoms with Crippen LogP contribution in [0.25, 0.3) is 16.7 Å². The van der Waals surface area contributed by atoms with Gasteiger partial charge in [0.05, 0.1) is 27.9 Å². The van der Waals surface area contributed by atoms with Gasteiger partial charge in [-0.25, -0.2) is 0 Å². The summed E-state index contributed by atoms with van der Waals surface area (Å²) < 4.78 is 2.30. The fourth-order valence-corrected chi connectivity index (χ4v) is 5.83. The lowest BCUT2D eigenvalue weighted by molar-refractivity contribution is 0.913. The standard InChI is InChI=1S/C27H26BrN/c1-17-15-23-26-24(29(28)27(23)19(17)3)16-18(2)22(14-13-20-9-7-8-10-20)25(26)21-11-5-4-6-12-21/h4-9,11-12,15-16,27H,10,13-14H2,1-3H3. The molecule has 0 saturated carbocycles. The van der Waals surface area contributed by atoms with E-state index < -0.39 is 0 Å². The van der Waals surface area contributed by atoms with Gasteiger partial charge in [0.1, 0.15) is 0 Å². The molecule has 3 aliphatic rings. The van der Waals surface area contributed by atoms with Crippen molar-refractivity contribution in [3.63, 3.8) is 0 Å². The van der Waals surface area contributed by atoms with Crippen LogP contribution in [0.1, 0.15) is 43.4 Å². The van der Waals surface area contributed by atoms with Gasteiger partial charge in [0.2, 0.25) is 0 Å². The van der Waals surface area contributed by atoms with Crippen molar-refractivity contribution < 1.29 is 0 Å². The molecule has 0 aromatic heterocycles. The second-order valence-corrected chi connectivity index (χ2v) is 9.21. The molecule has 29 heavy (non-hydrogen) atoms. The van der Waals surface area contributed by atoms with Crippen LogP contribution < -0.4 is 3.93 Å². The van der Waals surface area contributed by atoms with E-state index >= 15 is 0 Å². The van der Waals surface area contributed by atoms with Crippen molar-refractivity contribution >= 4 is 27.4 Å². The number of fused-ring (bicyclic) bond motifs is 3. The molecule has 2 aliphatic carbocycles. The van der Waals surface area contributed by atoms with E-state index in [1.54, 1.807) is 0 Å². The minimum atomic E-state index is 0.309. The average Bonchev–Trinajstić information content (AvgIpc) is 3.40. The number of benzene rings is 2. The summed E-state index contributed by atoms with van der Waals surface area (Å²) in [4.78, 5) is 0. The van der Waals surface area contributed by atoms with Crippen LogP contribution in [0, 0.1) is 6.92 Å². The van der Waals surface area contributed by atoms with E-state index in [9.17, 15) is 0 Å². The molecule has 2 aromatic rings. The van der Waals surface area contributed by atoms with Gasteiger partial charge in [-0.2, -0.15) is 0 Å². The summed E-state index contributed by atoms with van der Waals surface area (Å²) in [6.45, 7) is 6.78. The third kappa shape index (κ3) is 2.97. The maximum Gasteiger partial charge on any atom is 0.0876 e. The minimum Gasteiger partial charge on any atom is -0.297 e. The second-order valence-electron chi connectivity index (χ2n) is 8.44. The Morgan fingerprint density at radius 1 is 1.03 bits per heavy atom. The van der Waals surface area contributed by atoms with E-state index in [4.69, 9.17) is 0 Å². The highest BCUT2D eigenvalue weighted by Crippen LogP contribution is 2.54. The van der Waals surface area contributed by atoms with Crippen molar-refractivity contribution in [1.82, 2.24) is 0 Å². The summed E-state index contributed by atoms with van der Waals surface area (Å²) in [5.41, 5.74) is 14.1. The monoisotopic (exact) mass is 443 g/mol. The van der Waals surface area contributed by atoms with Gasteiger partial charge in [0.15, 0.2) is 0 Å². The maximum atomic E-state index is 3.91.